The lowest BCUT2D eigenvalue weighted by molar-refractivity contribution is 0.0000855. The van der Waals surface area contributed by atoms with Gasteiger partial charge in [0.25, 0.3) is 0 Å². The molecule has 148 valence electrons. The molecule has 2 bridgehead atoms. The first-order chi connectivity index (χ1) is 12.9. The smallest absolute Gasteiger partial charge is 0.411 e. The maximum atomic E-state index is 12.7. The number of carbonyl (C=O) groups excluding carboxylic acids is 1. The first-order valence-corrected chi connectivity index (χ1v) is 10.3. The molecule has 2 heterocycles. The van der Waals surface area contributed by atoms with Crippen molar-refractivity contribution in [3.63, 3.8) is 0 Å². The van der Waals surface area contributed by atoms with Crippen molar-refractivity contribution in [1.82, 2.24) is 4.90 Å². The van der Waals surface area contributed by atoms with Crippen LogP contribution in [0.15, 0.2) is 30.3 Å². The highest BCUT2D eigenvalue weighted by molar-refractivity contribution is 5.75. The average Bonchev–Trinajstić information content (AvgIpc) is 2.60. The summed E-state index contributed by atoms with van der Waals surface area (Å²) >= 11 is 0. The summed E-state index contributed by atoms with van der Waals surface area (Å²) in [5.74, 6) is 0.930. The number of amides is 1. The quantitative estimate of drug-likeness (QED) is 0.613. The zero-order chi connectivity index (χ0) is 19.4. The standard InChI is InChI=1S/C23H33NO3/c1-5-6-14-26-21-12-10-17(11-13-21)18-15-19-8-7-9-20(16-18)24(19)22(25)27-23(2,3)4/h10-13,15,19-20H,5-9,14,16H2,1-4H3. The highest BCUT2D eigenvalue weighted by Gasteiger charge is 2.39. The predicted octanol–water partition coefficient (Wildman–Crippen LogP) is 5.81. The van der Waals surface area contributed by atoms with E-state index in [0.717, 1.165) is 44.5 Å². The summed E-state index contributed by atoms with van der Waals surface area (Å²) in [7, 11) is 0. The van der Waals surface area contributed by atoms with Gasteiger partial charge in [-0.2, -0.15) is 0 Å². The van der Waals surface area contributed by atoms with E-state index in [-0.39, 0.29) is 18.2 Å². The fourth-order valence-electron chi connectivity index (χ4n) is 3.94. The van der Waals surface area contributed by atoms with Crippen LogP contribution in [-0.2, 0) is 4.74 Å². The Morgan fingerprint density at radius 1 is 1.19 bits per heavy atom. The third-order valence-electron chi connectivity index (χ3n) is 5.23. The molecule has 0 N–H and O–H groups in total. The van der Waals surface area contributed by atoms with Crippen molar-refractivity contribution in [2.75, 3.05) is 6.61 Å². The number of piperidine rings is 1. The summed E-state index contributed by atoms with van der Waals surface area (Å²) in [6.07, 6.45) is 8.44. The van der Waals surface area contributed by atoms with Gasteiger partial charge in [-0.1, -0.05) is 31.6 Å². The molecule has 0 aliphatic carbocycles. The minimum atomic E-state index is -0.455. The van der Waals surface area contributed by atoms with Gasteiger partial charge >= 0.3 is 6.09 Å². The van der Waals surface area contributed by atoms with E-state index in [4.69, 9.17) is 9.47 Å². The molecule has 1 aromatic carbocycles. The number of nitrogens with zero attached hydrogens (tertiary/aromatic N) is 1. The summed E-state index contributed by atoms with van der Waals surface area (Å²) in [6.45, 7) is 8.72. The number of rotatable bonds is 5. The molecular weight excluding hydrogens is 338 g/mol. The van der Waals surface area contributed by atoms with E-state index in [0.29, 0.717) is 0 Å². The van der Waals surface area contributed by atoms with Crippen LogP contribution < -0.4 is 4.74 Å². The third kappa shape index (κ3) is 5.06. The van der Waals surface area contributed by atoms with Crippen LogP contribution in [-0.4, -0.2) is 35.3 Å². The van der Waals surface area contributed by atoms with Gasteiger partial charge in [0.1, 0.15) is 11.4 Å². The van der Waals surface area contributed by atoms with Gasteiger partial charge in [0, 0.05) is 6.04 Å². The minimum Gasteiger partial charge on any atom is -0.494 e. The van der Waals surface area contributed by atoms with Crippen LogP contribution >= 0.6 is 0 Å². The van der Waals surface area contributed by atoms with Crippen LogP contribution in [0.3, 0.4) is 0 Å². The molecule has 3 rings (SSSR count). The number of fused-ring (bicyclic) bond motifs is 2. The lowest BCUT2D eigenvalue weighted by Gasteiger charge is -2.45. The molecule has 2 atom stereocenters. The van der Waals surface area contributed by atoms with Crippen molar-refractivity contribution in [2.45, 2.75) is 83.9 Å². The van der Waals surface area contributed by atoms with Crippen LogP contribution in [0.2, 0.25) is 0 Å². The van der Waals surface area contributed by atoms with Crippen molar-refractivity contribution in [1.29, 1.82) is 0 Å². The van der Waals surface area contributed by atoms with Crippen molar-refractivity contribution in [3.05, 3.63) is 35.9 Å². The van der Waals surface area contributed by atoms with E-state index in [1.54, 1.807) is 0 Å². The van der Waals surface area contributed by atoms with Crippen molar-refractivity contribution < 1.29 is 14.3 Å². The zero-order valence-electron chi connectivity index (χ0n) is 17.2. The highest BCUT2D eigenvalue weighted by atomic mass is 16.6. The molecule has 2 aliphatic heterocycles. The Morgan fingerprint density at radius 2 is 1.93 bits per heavy atom. The van der Waals surface area contributed by atoms with Crippen LogP contribution in [0.5, 0.6) is 5.75 Å². The number of benzene rings is 1. The first kappa shape index (κ1) is 19.8. The van der Waals surface area contributed by atoms with E-state index in [9.17, 15) is 4.79 Å². The Hall–Kier alpha value is -1.97. The van der Waals surface area contributed by atoms with Crippen LogP contribution in [0.25, 0.3) is 5.57 Å². The maximum absolute atomic E-state index is 12.7. The van der Waals surface area contributed by atoms with E-state index >= 15 is 0 Å². The minimum absolute atomic E-state index is 0.142. The monoisotopic (exact) mass is 371 g/mol. The second-order valence-corrected chi connectivity index (χ2v) is 8.66. The number of ether oxygens (including phenoxy) is 2. The van der Waals surface area contributed by atoms with Crippen molar-refractivity contribution in [2.24, 2.45) is 0 Å². The van der Waals surface area contributed by atoms with Gasteiger partial charge in [-0.15, -0.1) is 0 Å². The fourth-order valence-corrected chi connectivity index (χ4v) is 3.94. The molecule has 1 aromatic rings. The zero-order valence-corrected chi connectivity index (χ0v) is 17.2. The van der Waals surface area contributed by atoms with Gasteiger partial charge in [-0.3, -0.25) is 4.90 Å². The van der Waals surface area contributed by atoms with E-state index in [1.807, 2.05) is 25.7 Å². The molecule has 0 radical (unpaired) electrons. The first-order valence-electron chi connectivity index (χ1n) is 10.3. The molecule has 0 spiro atoms. The van der Waals surface area contributed by atoms with Crippen LogP contribution in [0, 0.1) is 0 Å². The summed E-state index contributed by atoms with van der Waals surface area (Å²) < 4.78 is 11.4. The maximum Gasteiger partial charge on any atom is 0.411 e. The lowest BCUT2D eigenvalue weighted by atomic mass is 9.83. The normalized spacial score (nSPS) is 22.2. The van der Waals surface area contributed by atoms with Gasteiger partial charge in [-0.25, -0.2) is 4.79 Å². The number of carbonyl (C=O) groups is 1. The van der Waals surface area contributed by atoms with E-state index in [1.165, 1.54) is 17.6 Å². The Bertz CT molecular complexity index is 672. The molecule has 2 unspecified atom stereocenters. The molecule has 0 saturated carbocycles. The van der Waals surface area contributed by atoms with E-state index < -0.39 is 5.60 Å². The molecule has 2 aliphatic rings. The van der Waals surface area contributed by atoms with Gasteiger partial charge in [0.05, 0.1) is 12.6 Å². The van der Waals surface area contributed by atoms with Gasteiger partial charge in [0.2, 0.25) is 0 Å². The van der Waals surface area contributed by atoms with Gasteiger partial charge in [0.15, 0.2) is 0 Å². The Labute approximate surface area is 163 Å². The van der Waals surface area contributed by atoms with Crippen LogP contribution in [0.1, 0.15) is 71.8 Å². The number of hydrogen-bond acceptors (Lipinski definition) is 3. The topological polar surface area (TPSA) is 38.8 Å². The molecule has 0 aromatic heterocycles. The molecule has 4 nitrogen and oxygen atoms in total. The molecule has 1 amide bonds. The Morgan fingerprint density at radius 3 is 2.56 bits per heavy atom. The molecule has 1 fully saturated rings. The van der Waals surface area contributed by atoms with Gasteiger partial charge < -0.3 is 9.47 Å². The van der Waals surface area contributed by atoms with Crippen molar-refractivity contribution in [3.8, 4) is 5.75 Å². The lowest BCUT2D eigenvalue weighted by Crippen LogP contribution is -2.53. The molecule has 27 heavy (non-hydrogen) atoms. The number of unbranched alkanes of at least 4 members (excludes halogenated alkanes) is 1. The van der Waals surface area contributed by atoms with Crippen LogP contribution in [0.4, 0.5) is 4.79 Å². The summed E-state index contributed by atoms with van der Waals surface area (Å²) in [4.78, 5) is 14.7. The van der Waals surface area contributed by atoms with Gasteiger partial charge in [-0.05, 0) is 76.1 Å². The summed E-state index contributed by atoms with van der Waals surface area (Å²) in [5.41, 5.74) is 2.12. The highest BCUT2D eigenvalue weighted by Crippen LogP contribution is 2.38. The molecule has 1 saturated heterocycles. The summed E-state index contributed by atoms with van der Waals surface area (Å²) in [6, 6.07) is 8.78. The Balaban J connectivity index is 1.72. The fraction of sp³-hybridized carbons (Fsp3) is 0.609. The van der Waals surface area contributed by atoms with Crippen molar-refractivity contribution >= 4 is 11.7 Å². The Kier molecular flexibility index (Phi) is 6.13. The summed E-state index contributed by atoms with van der Waals surface area (Å²) in [5, 5.41) is 0. The second kappa shape index (κ2) is 8.37. The van der Waals surface area contributed by atoms with E-state index in [2.05, 4.69) is 37.3 Å². The largest absolute Gasteiger partial charge is 0.494 e. The molecular formula is C23H33NO3. The molecule has 4 heteroatoms. The predicted molar refractivity (Wildman–Crippen MR) is 109 cm³/mol. The third-order valence-corrected chi connectivity index (χ3v) is 5.23. The number of hydrogen-bond donors (Lipinski definition) is 0. The average molecular weight is 372 g/mol. The second-order valence-electron chi connectivity index (χ2n) is 8.66. The SMILES string of the molecule is CCCCOc1ccc(C2=CC3CCCC(C2)N3C(=O)OC(C)(C)C)cc1.